The number of aromatic nitrogens is 1. The van der Waals surface area contributed by atoms with Gasteiger partial charge in [-0.25, -0.2) is 4.98 Å². The largest absolute Gasteiger partial charge is 0.351 e. The fraction of sp³-hybridized carbons (Fsp3) is 0.684. The second kappa shape index (κ2) is 6.81. The minimum Gasteiger partial charge on any atom is -0.351 e. The number of carbonyl (C=O) groups excluding carboxylic acids is 1. The number of Topliss-reactive ketones (excluding diaryl/α,β-unsaturated/α-hetero) is 1. The number of hydrogen-bond acceptors (Lipinski definition) is 5. The SMILES string of the molecule is NC1C[C@H]2CC[C@@H](C1)N2c1ccc(C(=O)CN2CCCCC2)cn1. The van der Waals surface area contributed by atoms with E-state index in [0.29, 0.717) is 24.7 Å². The first-order valence-electron chi connectivity index (χ1n) is 9.46. The lowest BCUT2D eigenvalue weighted by atomic mass is 9.98. The van der Waals surface area contributed by atoms with Crippen LogP contribution < -0.4 is 10.6 Å². The number of fused-ring (bicyclic) bond motifs is 2. The summed E-state index contributed by atoms with van der Waals surface area (Å²) in [6, 6.07) is 5.39. The van der Waals surface area contributed by atoms with Crippen molar-refractivity contribution in [3.63, 3.8) is 0 Å². The van der Waals surface area contributed by atoms with E-state index in [9.17, 15) is 4.79 Å². The molecule has 0 saturated carbocycles. The maximum atomic E-state index is 12.5. The molecule has 0 aliphatic carbocycles. The summed E-state index contributed by atoms with van der Waals surface area (Å²) in [6.45, 7) is 2.63. The molecule has 24 heavy (non-hydrogen) atoms. The van der Waals surface area contributed by atoms with Crippen molar-refractivity contribution in [2.45, 2.75) is 63.1 Å². The zero-order valence-corrected chi connectivity index (χ0v) is 14.4. The molecule has 5 nitrogen and oxygen atoms in total. The molecule has 3 aliphatic rings. The molecule has 1 aromatic heterocycles. The van der Waals surface area contributed by atoms with Crippen molar-refractivity contribution in [1.82, 2.24) is 9.88 Å². The van der Waals surface area contributed by atoms with Gasteiger partial charge < -0.3 is 10.6 Å². The summed E-state index contributed by atoms with van der Waals surface area (Å²) >= 11 is 0. The van der Waals surface area contributed by atoms with E-state index in [1.165, 1.54) is 32.1 Å². The van der Waals surface area contributed by atoms with E-state index in [1.54, 1.807) is 6.20 Å². The maximum absolute atomic E-state index is 12.5. The zero-order valence-electron chi connectivity index (χ0n) is 14.4. The summed E-state index contributed by atoms with van der Waals surface area (Å²) < 4.78 is 0. The van der Waals surface area contributed by atoms with Crippen molar-refractivity contribution in [2.24, 2.45) is 5.73 Å². The molecule has 3 saturated heterocycles. The molecule has 0 spiro atoms. The Morgan fingerprint density at radius 2 is 1.83 bits per heavy atom. The Balaban J connectivity index is 1.42. The topological polar surface area (TPSA) is 62.5 Å². The first-order chi connectivity index (χ1) is 11.7. The number of ketones is 1. The summed E-state index contributed by atoms with van der Waals surface area (Å²) in [7, 11) is 0. The third-order valence-electron chi connectivity index (χ3n) is 5.92. The molecule has 3 fully saturated rings. The summed E-state index contributed by atoms with van der Waals surface area (Å²) in [4.78, 5) is 21.8. The molecule has 1 aromatic rings. The van der Waals surface area contributed by atoms with Crippen molar-refractivity contribution in [1.29, 1.82) is 0 Å². The molecule has 4 heterocycles. The van der Waals surface area contributed by atoms with Crippen LogP contribution in [0.15, 0.2) is 18.3 Å². The van der Waals surface area contributed by atoms with Crippen molar-refractivity contribution in [3.05, 3.63) is 23.9 Å². The summed E-state index contributed by atoms with van der Waals surface area (Å²) in [5, 5.41) is 0. The van der Waals surface area contributed by atoms with Crippen molar-refractivity contribution < 1.29 is 4.79 Å². The lowest BCUT2D eigenvalue weighted by Crippen LogP contribution is -2.47. The molecule has 0 aromatic carbocycles. The van der Waals surface area contributed by atoms with Crippen LogP contribution in [0.4, 0.5) is 5.82 Å². The number of nitrogens with zero attached hydrogens (tertiary/aromatic N) is 3. The maximum Gasteiger partial charge on any atom is 0.178 e. The van der Waals surface area contributed by atoms with E-state index >= 15 is 0 Å². The van der Waals surface area contributed by atoms with Crippen LogP contribution >= 0.6 is 0 Å². The molecular formula is C19H28N4O. The van der Waals surface area contributed by atoms with Gasteiger partial charge in [0.2, 0.25) is 0 Å². The first-order valence-corrected chi connectivity index (χ1v) is 9.46. The van der Waals surface area contributed by atoms with E-state index in [1.807, 2.05) is 12.1 Å². The number of anilines is 1. The molecule has 2 bridgehead atoms. The minimum atomic E-state index is 0.194. The number of hydrogen-bond donors (Lipinski definition) is 1. The molecular weight excluding hydrogens is 300 g/mol. The number of likely N-dealkylation sites (tertiary alicyclic amines) is 1. The van der Waals surface area contributed by atoms with Gasteiger partial charge in [-0.15, -0.1) is 0 Å². The van der Waals surface area contributed by atoms with Gasteiger partial charge in [0.05, 0.1) is 6.54 Å². The van der Waals surface area contributed by atoms with Crippen molar-refractivity contribution in [3.8, 4) is 0 Å². The molecule has 1 unspecified atom stereocenters. The Kier molecular flexibility index (Phi) is 4.55. The number of nitrogens with two attached hydrogens (primary N) is 1. The summed E-state index contributed by atoms with van der Waals surface area (Å²) in [6.07, 6.45) is 10.1. The van der Waals surface area contributed by atoms with Gasteiger partial charge in [0.1, 0.15) is 5.82 Å². The van der Waals surface area contributed by atoms with Crippen LogP contribution in [0.25, 0.3) is 0 Å². The molecule has 3 aliphatic heterocycles. The average Bonchev–Trinajstić information content (AvgIpc) is 2.87. The standard InChI is InChI=1S/C19H28N4O/c20-15-10-16-5-6-17(11-15)23(16)19-7-4-14(12-21-19)18(24)13-22-8-2-1-3-9-22/h4,7,12,15-17H,1-3,5-6,8-11,13,20H2/t15?,16-,17+. The third kappa shape index (κ3) is 3.20. The molecule has 0 radical (unpaired) electrons. The zero-order chi connectivity index (χ0) is 16.5. The van der Waals surface area contributed by atoms with Crippen molar-refractivity contribution >= 4 is 11.6 Å². The second-order valence-corrected chi connectivity index (χ2v) is 7.69. The Morgan fingerprint density at radius 1 is 1.12 bits per heavy atom. The predicted octanol–water partition coefficient (Wildman–Crippen LogP) is 2.21. The Morgan fingerprint density at radius 3 is 2.46 bits per heavy atom. The van der Waals surface area contributed by atoms with E-state index < -0.39 is 0 Å². The normalized spacial score (nSPS) is 30.5. The van der Waals surface area contributed by atoms with E-state index in [-0.39, 0.29) is 5.78 Å². The first kappa shape index (κ1) is 16.0. The smallest absolute Gasteiger partial charge is 0.178 e. The molecule has 4 rings (SSSR count). The summed E-state index contributed by atoms with van der Waals surface area (Å²) in [5.74, 6) is 1.21. The molecule has 2 N–H and O–H groups in total. The van der Waals surface area contributed by atoms with Crippen LogP contribution in [0.1, 0.15) is 55.3 Å². The van der Waals surface area contributed by atoms with E-state index in [4.69, 9.17) is 5.73 Å². The number of pyridine rings is 1. The number of rotatable bonds is 4. The van der Waals surface area contributed by atoms with E-state index in [2.05, 4.69) is 14.8 Å². The van der Waals surface area contributed by atoms with Crippen LogP contribution in [0.5, 0.6) is 0 Å². The van der Waals surface area contributed by atoms with Crippen molar-refractivity contribution in [2.75, 3.05) is 24.5 Å². The minimum absolute atomic E-state index is 0.194. The highest BCUT2D eigenvalue weighted by Crippen LogP contribution is 2.37. The number of piperidine rings is 2. The Hall–Kier alpha value is -1.46. The highest BCUT2D eigenvalue weighted by atomic mass is 16.1. The van der Waals surface area contributed by atoms with Gasteiger partial charge in [-0.2, -0.15) is 0 Å². The lowest BCUT2D eigenvalue weighted by Gasteiger charge is -2.38. The fourth-order valence-corrected chi connectivity index (χ4v) is 4.71. The molecule has 130 valence electrons. The van der Waals surface area contributed by atoms with Gasteiger partial charge in [-0.05, 0) is 63.7 Å². The lowest BCUT2D eigenvalue weighted by molar-refractivity contribution is 0.0915. The van der Waals surface area contributed by atoms with Gasteiger partial charge in [0.15, 0.2) is 5.78 Å². The molecule has 5 heteroatoms. The summed E-state index contributed by atoms with van der Waals surface area (Å²) in [5.41, 5.74) is 6.89. The monoisotopic (exact) mass is 328 g/mol. The second-order valence-electron chi connectivity index (χ2n) is 7.69. The van der Waals surface area contributed by atoms with Crippen LogP contribution in [-0.2, 0) is 0 Å². The fourth-order valence-electron chi connectivity index (χ4n) is 4.71. The predicted molar refractivity (Wildman–Crippen MR) is 95.4 cm³/mol. The third-order valence-corrected chi connectivity index (χ3v) is 5.92. The molecule has 3 atom stereocenters. The van der Waals surface area contributed by atoms with Gasteiger partial charge >= 0.3 is 0 Å². The quantitative estimate of drug-likeness (QED) is 0.859. The van der Waals surface area contributed by atoms with Crippen LogP contribution in [-0.4, -0.2) is 53.4 Å². The van der Waals surface area contributed by atoms with Crippen LogP contribution in [0, 0.1) is 0 Å². The highest BCUT2D eigenvalue weighted by molar-refractivity contribution is 5.97. The Labute approximate surface area is 144 Å². The van der Waals surface area contributed by atoms with Gasteiger partial charge in [-0.1, -0.05) is 6.42 Å². The highest BCUT2D eigenvalue weighted by Gasteiger charge is 2.40. The van der Waals surface area contributed by atoms with E-state index in [0.717, 1.165) is 37.3 Å². The average molecular weight is 328 g/mol. The van der Waals surface area contributed by atoms with Crippen LogP contribution in [0.3, 0.4) is 0 Å². The van der Waals surface area contributed by atoms with Crippen LogP contribution in [0.2, 0.25) is 0 Å². The van der Waals surface area contributed by atoms with Gasteiger partial charge in [-0.3, -0.25) is 9.69 Å². The van der Waals surface area contributed by atoms with Gasteiger partial charge in [0, 0.05) is 29.9 Å². The number of carbonyl (C=O) groups is 1. The Bertz CT molecular complexity index is 568. The molecule has 0 amide bonds. The van der Waals surface area contributed by atoms with Gasteiger partial charge in [0.25, 0.3) is 0 Å².